The molecule has 218 valence electrons. The molecule has 0 spiro atoms. The summed E-state index contributed by atoms with van der Waals surface area (Å²) in [5.41, 5.74) is 0.270. The zero-order valence-electron chi connectivity index (χ0n) is 24.3. The van der Waals surface area contributed by atoms with Crippen molar-refractivity contribution in [3.63, 3.8) is 0 Å². The summed E-state index contributed by atoms with van der Waals surface area (Å²) in [7, 11) is 1.59. The lowest BCUT2D eigenvalue weighted by Crippen LogP contribution is -2.59. The molecular weight excluding hydrogens is 530 g/mol. The van der Waals surface area contributed by atoms with Crippen LogP contribution in [-0.4, -0.2) is 54.6 Å². The summed E-state index contributed by atoms with van der Waals surface area (Å²) in [5.74, 6) is 1.63. The molecular formula is C30H35N3O8. The highest BCUT2D eigenvalue weighted by Gasteiger charge is 2.46. The lowest BCUT2D eigenvalue weighted by Gasteiger charge is -2.42. The maximum Gasteiger partial charge on any atom is 0.408 e. The number of carbonyl (C=O) groups excluding carboxylic acids is 1. The minimum absolute atomic E-state index is 0.131. The minimum Gasteiger partial charge on any atom is -0.493 e. The predicted molar refractivity (Wildman–Crippen MR) is 150 cm³/mol. The van der Waals surface area contributed by atoms with Gasteiger partial charge in [-0.05, 0) is 84.0 Å². The number of nitrogens with one attached hydrogen (secondary N) is 1. The van der Waals surface area contributed by atoms with E-state index in [-0.39, 0.29) is 13.2 Å². The Morgan fingerprint density at radius 1 is 1.02 bits per heavy atom. The van der Waals surface area contributed by atoms with Crippen molar-refractivity contribution in [2.75, 3.05) is 26.9 Å². The van der Waals surface area contributed by atoms with Crippen LogP contribution in [0.3, 0.4) is 0 Å². The van der Waals surface area contributed by atoms with Crippen molar-refractivity contribution in [3.8, 4) is 34.3 Å². The Morgan fingerprint density at radius 2 is 1.76 bits per heavy atom. The van der Waals surface area contributed by atoms with Crippen LogP contribution in [0.1, 0.15) is 47.3 Å². The number of furan rings is 1. The second-order valence-electron chi connectivity index (χ2n) is 11.3. The van der Waals surface area contributed by atoms with Crippen LogP contribution in [0.4, 0.5) is 4.79 Å². The van der Waals surface area contributed by atoms with Crippen molar-refractivity contribution >= 4 is 17.1 Å². The third kappa shape index (κ3) is 6.15. The summed E-state index contributed by atoms with van der Waals surface area (Å²) in [6, 6.07) is 12.8. The van der Waals surface area contributed by atoms with E-state index in [1.54, 1.807) is 40.0 Å². The smallest absolute Gasteiger partial charge is 0.408 e. The fraction of sp³-hybridized carbons (Fsp3) is 0.433. The van der Waals surface area contributed by atoms with E-state index in [0.29, 0.717) is 46.7 Å². The number of nitrogens with zero attached hydrogens (tertiary/aromatic N) is 2. The first-order valence-corrected chi connectivity index (χ1v) is 13.4. The lowest BCUT2D eigenvalue weighted by molar-refractivity contribution is -0.274. The SMILES string of the molecule is CCOc1cc(-c2nc(-c3ccc4oc(C5(NC(=O)OC(C)(C)C)COC(C)(C)OC5)cc4c3)no2)ccc1OC. The normalized spacial score (nSPS) is 16.4. The topological polar surface area (TPSA) is 127 Å². The molecule has 11 heteroatoms. The van der Waals surface area contributed by atoms with Gasteiger partial charge in [-0.25, -0.2) is 4.79 Å². The first-order chi connectivity index (χ1) is 19.4. The van der Waals surface area contributed by atoms with Crippen LogP contribution in [-0.2, 0) is 19.7 Å². The van der Waals surface area contributed by atoms with E-state index in [2.05, 4.69) is 15.5 Å². The molecule has 41 heavy (non-hydrogen) atoms. The maximum absolute atomic E-state index is 12.8. The number of rotatable bonds is 7. The largest absolute Gasteiger partial charge is 0.493 e. The molecule has 0 atom stereocenters. The van der Waals surface area contributed by atoms with E-state index in [0.717, 1.165) is 10.9 Å². The van der Waals surface area contributed by atoms with Gasteiger partial charge in [0.25, 0.3) is 5.89 Å². The average molecular weight is 566 g/mol. The van der Waals surface area contributed by atoms with E-state index in [1.807, 2.05) is 51.1 Å². The Kier molecular flexibility index (Phi) is 7.43. The third-order valence-corrected chi connectivity index (χ3v) is 6.46. The van der Waals surface area contributed by atoms with Crippen LogP contribution in [0.5, 0.6) is 11.5 Å². The Hall–Kier alpha value is -4.09. The molecule has 0 bridgehead atoms. The van der Waals surface area contributed by atoms with Crippen LogP contribution in [0.2, 0.25) is 0 Å². The highest BCUT2D eigenvalue weighted by Crippen LogP contribution is 2.37. The predicted octanol–water partition coefficient (Wildman–Crippen LogP) is 6.06. The van der Waals surface area contributed by atoms with Crippen LogP contribution >= 0.6 is 0 Å². The molecule has 1 aliphatic rings. The highest BCUT2D eigenvalue weighted by molar-refractivity contribution is 5.83. The summed E-state index contributed by atoms with van der Waals surface area (Å²) >= 11 is 0. The van der Waals surface area contributed by atoms with Crippen molar-refractivity contribution in [3.05, 3.63) is 48.2 Å². The van der Waals surface area contributed by atoms with E-state index in [4.69, 9.17) is 32.6 Å². The van der Waals surface area contributed by atoms with Crippen LogP contribution < -0.4 is 14.8 Å². The van der Waals surface area contributed by atoms with Gasteiger partial charge >= 0.3 is 6.09 Å². The van der Waals surface area contributed by atoms with E-state index in [9.17, 15) is 4.79 Å². The molecule has 2 aromatic heterocycles. The van der Waals surface area contributed by atoms with E-state index >= 15 is 0 Å². The standard InChI is InChI=1S/C30H35N3O8/c1-8-36-23-14-19(10-12-22(23)35-7)26-31-25(33-41-26)18-9-11-21-20(13-18)15-24(39-21)30(16-37-29(5,6)38-17-30)32-27(34)40-28(2,3)4/h9-15H,8,16-17H2,1-7H3,(H,32,34). The molecule has 4 aromatic rings. The molecule has 1 fully saturated rings. The fourth-order valence-electron chi connectivity index (χ4n) is 4.41. The van der Waals surface area contributed by atoms with Crippen molar-refractivity contribution < 1.29 is 37.4 Å². The van der Waals surface area contributed by atoms with Gasteiger partial charge in [0.1, 0.15) is 22.5 Å². The van der Waals surface area contributed by atoms with Gasteiger partial charge < -0.3 is 37.9 Å². The first kappa shape index (κ1) is 28.4. The average Bonchev–Trinajstić information content (AvgIpc) is 3.57. The van der Waals surface area contributed by atoms with Gasteiger partial charge in [-0.15, -0.1) is 0 Å². The number of carbonyl (C=O) groups is 1. The Labute approximate surface area is 238 Å². The molecule has 1 saturated heterocycles. The zero-order chi connectivity index (χ0) is 29.4. The Morgan fingerprint density at radius 3 is 2.44 bits per heavy atom. The van der Waals surface area contributed by atoms with Crippen molar-refractivity contribution in [1.82, 2.24) is 15.5 Å². The molecule has 1 aliphatic heterocycles. The number of alkyl carbamates (subject to hydrolysis) is 1. The van der Waals surface area contributed by atoms with Gasteiger partial charge in [0, 0.05) is 16.5 Å². The number of aromatic nitrogens is 2. The minimum atomic E-state index is -1.09. The number of hydrogen-bond donors (Lipinski definition) is 1. The van der Waals surface area contributed by atoms with Crippen molar-refractivity contribution in [1.29, 1.82) is 0 Å². The molecule has 0 unspecified atom stereocenters. The summed E-state index contributed by atoms with van der Waals surface area (Å²) in [6.07, 6.45) is -0.601. The van der Waals surface area contributed by atoms with Gasteiger partial charge in [-0.2, -0.15) is 4.98 Å². The van der Waals surface area contributed by atoms with Gasteiger partial charge in [-0.1, -0.05) is 5.16 Å². The van der Waals surface area contributed by atoms with Crippen LogP contribution in [0, 0.1) is 0 Å². The second-order valence-corrected chi connectivity index (χ2v) is 11.3. The summed E-state index contributed by atoms with van der Waals surface area (Å²) in [4.78, 5) is 17.4. The quantitative estimate of drug-likeness (QED) is 0.282. The second kappa shape index (κ2) is 10.7. The monoisotopic (exact) mass is 565 g/mol. The van der Waals surface area contributed by atoms with Crippen LogP contribution in [0.25, 0.3) is 33.8 Å². The summed E-state index contributed by atoms with van der Waals surface area (Å²) in [5, 5.41) is 7.89. The molecule has 0 radical (unpaired) electrons. The van der Waals surface area contributed by atoms with E-state index in [1.165, 1.54) is 0 Å². The Balaban J connectivity index is 1.44. The number of hydrogen-bond acceptors (Lipinski definition) is 10. The molecule has 1 N–H and O–H groups in total. The molecule has 11 nitrogen and oxygen atoms in total. The molecule has 2 aromatic carbocycles. The molecule has 0 aliphatic carbocycles. The number of benzene rings is 2. The highest BCUT2D eigenvalue weighted by atomic mass is 16.7. The molecule has 1 amide bonds. The van der Waals surface area contributed by atoms with Crippen molar-refractivity contribution in [2.45, 2.75) is 58.5 Å². The molecule has 0 saturated carbocycles. The lowest BCUT2D eigenvalue weighted by atomic mass is 9.96. The fourth-order valence-corrected chi connectivity index (χ4v) is 4.41. The third-order valence-electron chi connectivity index (χ3n) is 6.46. The maximum atomic E-state index is 12.8. The summed E-state index contributed by atoms with van der Waals surface area (Å²) < 4.78 is 40.2. The van der Waals surface area contributed by atoms with Crippen molar-refractivity contribution in [2.24, 2.45) is 0 Å². The van der Waals surface area contributed by atoms with Gasteiger partial charge in [-0.3, -0.25) is 0 Å². The number of ether oxygens (including phenoxy) is 5. The number of methoxy groups -OCH3 is 1. The zero-order valence-corrected chi connectivity index (χ0v) is 24.3. The van der Waals surface area contributed by atoms with Gasteiger partial charge in [0.05, 0.1) is 26.9 Å². The van der Waals surface area contributed by atoms with E-state index < -0.39 is 23.0 Å². The van der Waals surface area contributed by atoms with Crippen LogP contribution in [0.15, 0.2) is 51.4 Å². The molecule has 5 rings (SSSR count). The Bertz CT molecular complexity index is 1540. The molecule has 3 heterocycles. The number of amides is 1. The number of fused-ring (bicyclic) bond motifs is 1. The van der Waals surface area contributed by atoms with Gasteiger partial charge in [0.15, 0.2) is 17.3 Å². The van der Waals surface area contributed by atoms with Gasteiger partial charge in [0.2, 0.25) is 5.82 Å². The summed E-state index contributed by atoms with van der Waals surface area (Å²) in [6.45, 7) is 11.7. The first-order valence-electron chi connectivity index (χ1n) is 13.4.